The fourth-order valence-corrected chi connectivity index (χ4v) is 1.73. The van der Waals surface area contributed by atoms with Gasteiger partial charge in [0.2, 0.25) is 0 Å². The maximum Gasteiger partial charge on any atom is 0.109 e. The number of alkyl halides is 1. The molecule has 0 N–H and O–H groups in total. The van der Waals surface area contributed by atoms with Crippen LogP contribution < -0.4 is 0 Å². The predicted octanol–water partition coefficient (Wildman–Crippen LogP) is 3.15. The highest BCUT2D eigenvalue weighted by atomic mass is 35.5. The number of halogens is 1. The molecule has 1 heterocycles. The SMILES string of the molecule is ClCCC[C@@H]1O[C@H]1c1ccccc1. The second-order valence-electron chi connectivity index (χ2n) is 3.34. The Morgan fingerprint density at radius 3 is 2.69 bits per heavy atom. The van der Waals surface area contributed by atoms with Gasteiger partial charge >= 0.3 is 0 Å². The standard InChI is InChI=1S/C11H13ClO/c12-8-4-7-10-11(13-10)9-5-2-1-3-6-9/h1-3,5-6,10-11H,4,7-8H2/t10-,11-/m0/s1. The van der Waals surface area contributed by atoms with Gasteiger partial charge in [0.25, 0.3) is 0 Å². The summed E-state index contributed by atoms with van der Waals surface area (Å²) >= 11 is 5.61. The summed E-state index contributed by atoms with van der Waals surface area (Å²) in [5, 5.41) is 0. The molecule has 1 nitrogen and oxygen atoms in total. The van der Waals surface area contributed by atoms with Gasteiger partial charge in [-0.3, -0.25) is 0 Å². The molecule has 0 aromatic heterocycles. The highest BCUT2D eigenvalue weighted by Gasteiger charge is 2.38. The Labute approximate surface area is 83.7 Å². The molecular weight excluding hydrogens is 184 g/mol. The minimum absolute atomic E-state index is 0.337. The lowest BCUT2D eigenvalue weighted by Crippen LogP contribution is -1.89. The van der Waals surface area contributed by atoms with Crippen LogP contribution in [0.1, 0.15) is 24.5 Å². The summed E-state index contributed by atoms with van der Waals surface area (Å²) < 4.78 is 5.55. The fourth-order valence-electron chi connectivity index (χ4n) is 1.58. The summed E-state index contributed by atoms with van der Waals surface area (Å²) in [4.78, 5) is 0. The van der Waals surface area contributed by atoms with Gasteiger partial charge in [-0.15, -0.1) is 11.6 Å². The highest BCUT2D eigenvalue weighted by molar-refractivity contribution is 6.17. The van der Waals surface area contributed by atoms with E-state index in [0.717, 1.165) is 18.7 Å². The molecule has 1 aliphatic heterocycles. The van der Waals surface area contributed by atoms with E-state index in [4.69, 9.17) is 16.3 Å². The Morgan fingerprint density at radius 2 is 2.00 bits per heavy atom. The summed E-state index contributed by atoms with van der Waals surface area (Å²) in [5.74, 6) is 0.737. The lowest BCUT2D eigenvalue weighted by molar-refractivity contribution is 0.365. The summed E-state index contributed by atoms with van der Waals surface area (Å²) in [6, 6.07) is 10.4. The van der Waals surface area contributed by atoms with Crippen LogP contribution >= 0.6 is 11.6 Å². The lowest BCUT2D eigenvalue weighted by atomic mass is 10.1. The highest BCUT2D eigenvalue weighted by Crippen LogP contribution is 2.41. The second-order valence-corrected chi connectivity index (χ2v) is 3.71. The second kappa shape index (κ2) is 4.12. The van der Waals surface area contributed by atoms with Crippen LogP contribution in [0.15, 0.2) is 30.3 Å². The zero-order valence-electron chi connectivity index (χ0n) is 7.45. The summed E-state index contributed by atoms with van der Waals surface area (Å²) in [6.07, 6.45) is 2.89. The minimum Gasteiger partial charge on any atom is -0.365 e. The molecule has 2 atom stereocenters. The Kier molecular flexibility index (Phi) is 2.87. The van der Waals surface area contributed by atoms with Crippen molar-refractivity contribution in [3.8, 4) is 0 Å². The number of benzene rings is 1. The van der Waals surface area contributed by atoms with Gasteiger partial charge < -0.3 is 4.74 Å². The quantitative estimate of drug-likeness (QED) is 0.533. The van der Waals surface area contributed by atoms with E-state index in [0.29, 0.717) is 12.2 Å². The van der Waals surface area contributed by atoms with Crippen molar-refractivity contribution in [3.63, 3.8) is 0 Å². The van der Waals surface area contributed by atoms with Crippen molar-refractivity contribution < 1.29 is 4.74 Å². The normalized spacial score (nSPS) is 25.9. The number of hydrogen-bond donors (Lipinski definition) is 0. The number of epoxide rings is 1. The molecule has 70 valence electrons. The molecule has 2 heteroatoms. The van der Waals surface area contributed by atoms with Crippen molar-refractivity contribution in [3.05, 3.63) is 35.9 Å². The van der Waals surface area contributed by atoms with Crippen molar-refractivity contribution >= 4 is 11.6 Å². The molecule has 0 aliphatic carbocycles. The van der Waals surface area contributed by atoms with Crippen molar-refractivity contribution in [2.45, 2.75) is 25.0 Å². The first-order chi connectivity index (χ1) is 6.42. The molecular formula is C11H13ClO. The van der Waals surface area contributed by atoms with Gasteiger partial charge in [-0.2, -0.15) is 0 Å². The van der Waals surface area contributed by atoms with Crippen LogP contribution in [-0.2, 0) is 4.74 Å². The minimum atomic E-state index is 0.337. The Balaban J connectivity index is 1.86. The van der Waals surface area contributed by atoms with Crippen LogP contribution in [0.2, 0.25) is 0 Å². The topological polar surface area (TPSA) is 12.5 Å². The van der Waals surface area contributed by atoms with Crippen LogP contribution in [0.25, 0.3) is 0 Å². The monoisotopic (exact) mass is 196 g/mol. The van der Waals surface area contributed by atoms with Gasteiger partial charge in [-0.05, 0) is 18.4 Å². The first-order valence-electron chi connectivity index (χ1n) is 4.68. The van der Waals surface area contributed by atoms with Gasteiger partial charge in [-0.25, -0.2) is 0 Å². The molecule has 0 spiro atoms. The van der Waals surface area contributed by atoms with Crippen LogP contribution in [0.4, 0.5) is 0 Å². The Morgan fingerprint density at radius 1 is 1.23 bits per heavy atom. The van der Waals surface area contributed by atoms with E-state index in [-0.39, 0.29) is 0 Å². The smallest absolute Gasteiger partial charge is 0.109 e. The Bertz CT molecular complexity index is 260. The molecule has 1 aromatic carbocycles. The average molecular weight is 197 g/mol. The molecule has 2 rings (SSSR count). The molecule has 0 unspecified atom stereocenters. The molecule has 1 saturated heterocycles. The molecule has 0 saturated carbocycles. The van der Waals surface area contributed by atoms with E-state index in [1.165, 1.54) is 5.56 Å². The average Bonchev–Trinajstić information content (AvgIpc) is 2.95. The molecule has 1 aromatic rings. The van der Waals surface area contributed by atoms with E-state index >= 15 is 0 Å². The van der Waals surface area contributed by atoms with Crippen molar-refractivity contribution in [1.29, 1.82) is 0 Å². The van der Waals surface area contributed by atoms with E-state index in [9.17, 15) is 0 Å². The molecule has 0 bridgehead atoms. The number of ether oxygens (including phenoxy) is 1. The largest absolute Gasteiger partial charge is 0.365 e. The third kappa shape index (κ3) is 2.23. The van der Waals surface area contributed by atoms with E-state index in [1.807, 2.05) is 6.07 Å². The fraction of sp³-hybridized carbons (Fsp3) is 0.455. The van der Waals surface area contributed by atoms with Crippen LogP contribution in [0, 0.1) is 0 Å². The summed E-state index contributed by atoms with van der Waals surface area (Å²) in [6.45, 7) is 0. The molecule has 0 amide bonds. The van der Waals surface area contributed by atoms with E-state index in [1.54, 1.807) is 0 Å². The van der Waals surface area contributed by atoms with Crippen molar-refractivity contribution in [1.82, 2.24) is 0 Å². The number of hydrogen-bond acceptors (Lipinski definition) is 1. The van der Waals surface area contributed by atoms with Crippen LogP contribution in [-0.4, -0.2) is 12.0 Å². The first-order valence-corrected chi connectivity index (χ1v) is 5.21. The van der Waals surface area contributed by atoms with Gasteiger partial charge in [0.1, 0.15) is 6.10 Å². The van der Waals surface area contributed by atoms with Gasteiger partial charge in [0.05, 0.1) is 6.10 Å². The summed E-state index contributed by atoms with van der Waals surface area (Å²) in [7, 11) is 0. The van der Waals surface area contributed by atoms with Crippen LogP contribution in [0.5, 0.6) is 0 Å². The molecule has 1 fully saturated rings. The zero-order valence-corrected chi connectivity index (χ0v) is 8.20. The van der Waals surface area contributed by atoms with E-state index < -0.39 is 0 Å². The molecule has 1 aliphatic rings. The third-order valence-electron chi connectivity index (χ3n) is 2.33. The molecule has 13 heavy (non-hydrogen) atoms. The maximum absolute atomic E-state index is 5.61. The third-order valence-corrected chi connectivity index (χ3v) is 2.60. The van der Waals surface area contributed by atoms with Gasteiger partial charge in [0.15, 0.2) is 0 Å². The molecule has 0 radical (unpaired) electrons. The van der Waals surface area contributed by atoms with Gasteiger partial charge in [0, 0.05) is 5.88 Å². The van der Waals surface area contributed by atoms with Crippen LogP contribution in [0.3, 0.4) is 0 Å². The first kappa shape index (κ1) is 9.04. The Hall–Kier alpha value is -0.530. The number of rotatable bonds is 4. The predicted molar refractivity (Wildman–Crippen MR) is 54.0 cm³/mol. The lowest BCUT2D eigenvalue weighted by Gasteiger charge is -1.93. The zero-order chi connectivity index (χ0) is 9.10. The van der Waals surface area contributed by atoms with Crippen molar-refractivity contribution in [2.75, 3.05) is 5.88 Å². The van der Waals surface area contributed by atoms with Crippen molar-refractivity contribution in [2.24, 2.45) is 0 Å². The van der Waals surface area contributed by atoms with Gasteiger partial charge in [-0.1, -0.05) is 30.3 Å². The summed E-state index contributed by atoms with van der Waals surface area (Å²) in [5.41, 5.74) is 1.29. The van der Waals surface area contributed by atoms with E-state index in [2.05, 4.69) is 24.3 Å². The maximum atomic E-state index is 5.61.